The topological polar surface area (TPSA) is 52.7 Å². The van der Waals surface area contributed by atoms with Gasteiger partial charge in [0.05, 0.1) is 12.6 Å². The molecule has 0 fully saturated rings. The lowest BCUT2D eigenvalue weighted by atomic mass is 10.1. The summed E-state index contributed by atoms with van der Waals surface area (Å²) in [6, 6.07) is 3.76. The Morgan fingerprint density at radius 1 is 1.09 bits per heavy atom. The average Bonchev–Trinajstić information content (AvgIpc) is 2.40. The highest BCUT2D eigenvalue weighted by atomic mass is 16.2. The largest absolute Gasteiger partial charge is 0.347 e. The molecular weight excluding hydrogens is 278 g/mol. The summed E-state index contributed by atoms with van der Waals surface area (Å²) in [6.07, 6.45) is 0. The summed E-state index contributed by atoms with van der Waals surface area (Å²) >= 11 is 0. The SMILES string of the molecule is Cc1cc(C)c(NC(=O)CN(C)[C@H](C)C(=O)N(C)C)c(C)c1. The third-order valence-electron chi connectivity index (χ3n) is 3.79. The van der Waals surface area contributed by atoms with Crippen molar-refractivity contribution in [3.8, 4) is 0 Å². The number of nitrogens with one attached hydrogen (secondary N) is 1. The first kappa shape index (κ1) is 18.2. The molecule has 0 saturated heterocycles. The monoisotopic (exact) mass is 305 g/mol. The highest BCUT2D eigenvalue weighted by Crippen LogP contribution is 2.21. The number of amides is 2. The molecule has 0 bridgehead atoms. The van der Waals surface area contributed by atoms with Crippen molar-refractivity contribution in [2.45, 2.75) is 33.7 Å². The van der Waals surface area contributed by atoms with Crippen molar-refractivity contribution in [1.29, 1.82) is 0 Å². The van der Waals surface area contributed by atoms with E-state index in [4.69, 9.17) is 0 Å². The van der Waals surface area contributed by atoms with Gasteiger partial charge in [0.1, 0.15) is 0 Å². The van der Waals surface area contributed by atoms with E-state index >= 15 is 0 Å². The zero-order valence-corrected chi connectivity index (χ0v) is 14.7. The highest BCUT2D eigenvalue weighted by Gasteiger charge is 2.21. The van der Waals surface area contributed by atoms with E-state index in [9.17, 15) is 9.59 Å². The number of hydrogen-bond acceptors (Lipinski definition) is 3. The molecule has 5 heteroatoms. The van der Waals surface area contributed by atoms with Gasteiger partial charge in [-0.3, -0.25) is 14.5 Å². The number of carbonyl (C=O) groups excluding carboxylic acids is 2. The molecule has 0 aliphatic carbocycles. The third-order valence-corrected chi connectivity index (χ3v) is 3.79. The molecule has 0 radical (unpaired) electrons. The molecule has 1 aromatic carbocycles. The molecule has 1 rings (SSSR count). The molecule has 2 amide bonds. The van der Waals surface area contributed by atoms with Gasteiger partial charge < -0.3 is 10.2 Å². The molecule has 22 heavy (non-hydrogen) atoms. The number of aryl methyl sites for hydroxylation is 3. The number of hydrogen-bond donors (Lipinski definition) is 1. The van der Waals surface area contributed by atoms with E-state index in [2.05, 4.69) is 5.32 Å². The Hall–Kier alpha value is -1.88. The molecule has 122 valence electrons. The molecule has 0 aromatic heterocycles. The first-order chi connectivity index (χ1) is 10.1. The van der Waals surface area contributed by atoms with Gasteiger partial charge in [0.15, 0.2) is 0 Å². The van der Waals surface area contributed by atoms with E-state index in [1.54, 1.807) is 33.0 Å². The molecule has 0 spiro atoms. The van der Waals surface area contributed by atoms with Gasteiger partial charge in [0.25, 0.3) is 0 Å². The number of carbonyl (C=O) groups is 2. The molecule has 0 heterocycles. The summed E-state index contributed by atoms with van der Waals surface area (Å²) in [5.74, 6) is -0.131. The van der Waals surface area contributed by atoms with Crippen LogP contribution in [0, 0.1) is 20.8 Å². The van der Waals surface area contributed by atoms with Crippen molar-refractivity contribution in [1.82, 2.24) is 9.80 Å². The van der Waals surface area contributed by atoms with Crippen LogP contribution in [0.3, 0.4) is 0 Å². The fourth-order valence-electron chi connectivity index (χ4n) is 2.48. The molecule has 1 aromatic rings. The Labute approximate surface area is 133 Å². The predicted octanol–water partition coefficient (Wildman–Crippen LogP) is 1.96. The van der Waals surface area contributed by atoms with Crippen molar-refractivity contribution < 1.29 is 9.59 Å². The molecule has 0 aliphatic rings. The molecule has 0 saturated carbocycles. The minimum Gasteiger partial charge on any atom is -0.347 e. The normalized spacial score (nSPS) is 12.2. The Bertz CT molecular complexity index is 544. The Balaban J connectivity index is 2.73. The van der Waals surface area contributed by atoms with Crippen LogP contribution in [0.4, 0.5) is 5.69 Å². The van der Waals surface area contributed by atoms with Gasteiger partial charge in [0.2, 0.25) is 11.8 Å². The van der Waals surface area contributed by atoms with Crippen LogP contribution in [0.25, 0.3) is 0 Å². The molecule has 1 atom stereocenters. The second-order valence-corrected chi connectivity index (χ2v) is 6.15. The predicted molar refractivity (Wildman–Crippen MR) is 90.1 cm³/mol. The van der Waals surface area contributed by atoms with Crippen LogP contribution < -0.4 is 5.32 Å². The van der Waals surface area contributed by atoms with Gasteiger partial charge in [-0.25, -0.2) is 0 Å². The first-order valence-electron chi connectivity index (χ1n) is 7.42. The molecule has 0 unspecified atom stereocenters. The van der Waals surface area contributed by atoms with E-state index < -0.39 is 0 Å². The maximum Gasteiger partial charge on any atom is 0.239 e. The number of anilines is 1. The summed E-state index contributed by atoms with van der Waals surface area (Å²) in [4.78, 5) is 27.4. The van der Waals surface area contributed by atoms with Crippen LogP contribution in [0.2, 0.25) is 0 Å². The molecule has 0 aliphatic heterocycles. The van der Waals surface area contributed by atoms with Crippen molar-refractivity contribution in [3.63, 3.8) is 0 Å². The van der Waals surface area contributed by atoms with Crippen LogP contribution >= 0.6 is 0 Å². The minimum atomic E-state index is -0.332. The van der Waals surface area contributed by atoms with Gasteiger partial charge >= 0.3 is 0 Å². The van der Waals surface area contributed by atoms with Gasteiger partial charge in [-0.15, -0.1) is 0 Å². The summed E-state index contributed by atoms with van der Waals surface area (Å²) in [6.45, 7) is 7.98. The van der Waals surface area contributed by atoms with Crippen molar-refractivity contribution in [2.24, 2.45) is 0 Å². The lowest BCUT2D eigenvalue weighted by Gasteiger charge is -2.26. The zero-order chi connectivity index (χ0) is 17.0. The summed E-state index contributed by atoms with van der Waals surface area (Å²) in [5.41, 5.74) is 4.13. The van der Waals surface area contributed by atoms with Crippen LogP contribution in [0.5, 0.6) is 0 Å². The van der Waals surface area contributed by atoms with E-state index in [1.165, 1.54) is 10.5 Å². The fourth-order valence-corrected chi connectivity index (χ4v) is 2.48. The molecule has 5 nitrogen and oxygen atoms in total. The molecular formula is C17H27N3O2. The Kier molecular flexibility index (Phi) is 6.11. The van der Waals surface area contributed by atoms with Crippen molar-refractivity contribution in [2.75, 3.05) is 33.0 Å². The lowest BCUT2D eigenvalue weighted by Crippen LogP contribution is -2.45. The summed E-state index contributed by atoms with van der Waals surface area (Å²) in [7, 11) is 5.21. The van der Waals surface area contributed by atoms with E-state index in [0.29, 0.717) is 0 Å². The molecule has 1 N–H and O–H groups in total. The van der Waals surface area contributed by atoms with E-state index in [0.717, 1.165) is 16.8 Å². The van der Waals surface area contributed by atoms with Gasteiger partial charge in [-0.2, -0.15) is 0 Å². The van der Waals surface area contributed by atoms with Crippen LogP contribution in [0.1, 0.15) is 23.6 Å². The van der Waals surface area contributed by atoms with E-state index in [-0.39, 0.29) is 24.4 Å². The number of nitrogens with zero attached hydrogens (tertiary/aromatic N) is 2. The number of likely N-dealkylation sites (N-methyl/N-ethyl adjacent to an activating group) is 2. The average molecular weight is 305 g/mol. The summed E-state index contributed by atoms with van der Waals surface area (Å²) < 4.78 is 0. The lowest BCUT2D eigenvalue weighted by molar-refractivity contribution is -0.133. The van der Waals surface area contributed by atoms with Crippen LogP contribution in [0.15, 0.2) is 12.1 Å². The van der Waals surface area contributed by atoms with Crippen molar-refractivity contribution >= 4 is 17.5 Å². The first-order valence-corrected chi connectivity index (χ1v) is 7.42. The second-order valence-electron chi connectivity index (χ2n) is 6.15. The zero-order valence-electron chi connectivity index (χ0n) is 14.7. The quantitative estimate of drug-likeness (QED) is 0.905. The number of benzene rings is 1. The minimum absolute atomic E-state index is 0.0157. The van der Waals surface area contributed by atoms with Crippen LogP contribution in [-0.2, 0) is 9.59 Å². The smallest absolute Gasteiger partial charge is 0.239 e. The Morgan fingerprint density at radius 2 is 1.59 bits per heavy atom. The second kappa shape index (κ2) is 7.40. The van der Waals surface area contributed by atoms with Gasteiger partial charge in [-0.1, -0.05) is 17.7 Å². The van der Waals surface area contributed by atoms with Gasteiger partial charge in [-0.05, 0) is 45.9 Å². The number of rotatable bonds is 5. The third kappa shape index (κ3) is 4.56. The summed E-state index contributed by atoms with van der Waals surface area (Å²) in [5, 5.41) is 2.95. The van der Waals surface area contributed by atoms with E-state index in [1.807, 2.05) is 32.9 Å². The Morgan fingerprint density at radius 3 is 2.05 bits per heavy atom. The van der Waals surface area contributed by atoms with Gasteiger partial charge in [0, 0.05) is 19.8 Å². The highest BCUT2D eigenvalue weighted by molar-refractivity contribution is 5.94. The standard InChI is InChI=1S/C17H27N3O2/c1-11-8-12(2)16(13(3)9-11)18-15(21)10-20(7)14(4)17(22)19(5)6/h8-9,14H,10H2,1-7H3,(H,18,21)/t14-/m1/s1. The van der Waals surface area contributed by atoms with Crippen LogP contribution in [-0.4, -0.2) is 55.3 Å². The fraction of sp³-hybridized carbons (Fsp3) is 0.529. The maximum absolute atomic E-state index is 12.2. The van der Waals surface area contributed by atoms with Crippen molar-refractivity contribution in [3.05, 3.63) is 28.8 Å². The maximum atomic E-state index is 12.2.